The second kappa shape index (κ2) is 68.6. The molecule has 0 fully saturated rings. The second-order valence-corrected chi connectivity index (χ2v) is 23.8. The summed E-state index contributed by atoms with van der Waals surface area (Å²) in [6.45, 7) is 6.58. The van der Waals surface area contributed by atoms with Gasteiger partial charge in [-0.05, 0) is 83.5 Å². The van der Waals surface area contributed by atoms with Gasteiger partial charge in [0.05, 0.1) is 0 Å². The summed E-state index contributed by atoms with van der Waals surface area (Å²) in [7, 11) is 0. The van der Waals surface area contributed by atoms with Crippen molar-refractivity contribution in [1.29, 1.82) is 0 Å². The fourth-order valence-corrected chi connectivity index (χ4v) is 10.4. The number of hydrogen-bond donors (Lipinski definition) is 0. The Hall–Kier alpha value is -2.89. The molecule has 80 heavy (non-hydrogen) atoms. The standard InChI is InChI=1S/C74H134O6/c1-4-7-10-13-16-19-22-25-27-29-31-32-33-34-35-36-37-38-39-40-41-43-44-46-49-52-55-58-61-64-67-73(76)79-70-71(69-78-72(75)66-63-60-57-54-51-48-24-21-18-15-12-9-6-3)80-74(77)68-65-62-59-56-53-50-47-45-42-30-28-26-23-20-17-14-11-8-5-2/h12,15,17,20-21,24,26,28,42,45,71H,4-11,13-14,16,18-19,22-23,25,27,29-41,43-44,46-70H2,1-3H3/b15-12-,20-17-,24-21-,28-26-,45-42-. The third-order valence-electron chi connectivity index (χ3n) is 15.7. The highest BCUT2D eigenvalue weighted by Gasteiger charge is 2.19. The molecule has 1 unspecified atom stereocenters. The molecule has 0 bridgehead atoms. The zero-order valence-corrected chi connectivity index (χ0v) is 53.6. The van der Waals surface area contributed by atoms with E-state index in [1.54, 1.807) is 0 Å². The minimum Gasteiger partial charge on any atom is -0.462 e. The number of carbonyl (C=O) groups excluding carboxylic acids is 3. The molecule has 0 N–H and O–H groups in total. The lowest BCUT2D eigenvalue weighted by Gasteiger charge is -2.18. The van der Waals surface area contributed by atoms with E-state index in [4.69, 9.17) is 14.2 Å². The number of rotatable bonds is 65. The van der Waals surface area contributed by atoms with Gasteiger partial charge in [0.15, 0.2) is 6.10 Å². The van der Waals surface area contributed by atoms with E-state index in [0.29, 0.717) is 19.3 Å². The second-order valence-electron chi connectivity index (χ2n) is 23.8. The zero-order chi connectivity index (χ0) is 57.8. The van der Waals surface area contributed by atoms with Crippen LogP contribution in [0.2, 0.25) is 0 Å². The average Bonchev–Trinajstić information content (AvgIpc) is 3.46. The van der Waals surface area contributed by atoms with Crippen molar-refractivity contribution in [2.75, 3.05) is 13.2 Å². The van der Waals surface area contributed by atoms with Crippen LogP contribution in [0, 0.1) is 0 Å². The largest absolute Gasteiger partial charge is 0.462 e. The van der Waals surface area contributed by atoms with Gasteiger partial charge in [0.1, 0.15) is 13.2 Å². The SMILES string of the molecule is CCC/C=C\C/C=C\CCCCCCCC(=O)OCC(COC(=O)CCCCCCCCCCCCCCCCCCCCCCCCCCCCCCCC)OC(=O)CCCCCCCC/C=C\C/C=C\C/C=C\CCCCC. The topological polar surface area (TPSA) is 78.9 Å². The lowest BCUT2D eigenvalue weighted by atomic mass is 10.0. The molecule has 466 valence electrons. The van der Waals surface area contributed by atoms with Gasteiger partial charge in [-0.15, -0.1) is 0 Å². The van der Waals surface area contributed by atoms with Crippen molar-refractivity contribution in [1.82, 2.24) is 0 Å². The molecule has 6 nitrogen and oxygen atoms in total. The molecule has 0 spiro atoms. The van der Waals surface area contributed by atoms with Crippen LogP contribution in [-0.4, -0.2) is 37.2 Å². The first-order valence-corrected chi connectivity index (χ1v) is 35.3. The van der Waals surface area contributed by atoms with E-state index in [1.165, 1.54) is 225 Å². The molecule has 0 rings (SSSR count). The van der Waals surface area contributed by atoms with E-state index in [0.717, 1.165) is 109 Å². The van der Waals surface area contributed by atoms with E-state index >= 15 is 0 Å². The Labute approximate surface area is 498 Å². The summed E-state index contributed by atoms with van der Waals surface area (Å²) in [5.74, 6) is -0.889. The Bertz CT molecular complexity index is 1430. The maximum atomic E-state index is 12.9. The third-order valence-corrected chi connectivity index (χ3v) is 15.7. The molecular weight excluding hydrogens is 985 g/mol. The molecule has 0 radical (unpaired) electrons. The van der Waals surface area contributed by atoms with Crippen LogP contribution < -0.4 is 0 Å². The van der Waals surface area contributed by atoms with Crippen molar-refractivity contribution in [3.8, 4) is 0 Å². The highest BCUT2D eigenvalue weighted by atomic mass is 16.6. The van der Waals surface area contributed by atoms with Gasteiger partial charge in [-0.2, -0.15) is 0 Å². The Morgan fingerprint density at radius 3 is 0.775 bits per heavy atom. The normalized spacial score (nSPS) is 12.4. The Kier molecular flexibility index (Phi) is 66.1. The van der Waals surface area contributed by atoms with E-state index in [2.05, 4.69) is 81.5 Å². The predicted octanol–water partition coefficient (Wildman–Crippen LogP) is 24.3. The molecule has 0 aromatic heterocycles. The van der Waals surface area contributed by atoms with Gasteiger partial charge in [-0.3, -0.25) is 14.4 Å². The predicted molar refractivity (Wildman–Crippen MR) is 348 cm³/mol. The molecule has 0 aliphatic rings. The van der Waals surface area contributed by atoms with Crippen LogP contribution in [-0.2, 0) is 28.6 Å². The lowest BCUT2D eigenvalue weighted by Crippen LogP contribution is -2.30. The van der Waals surface area contributed by atoms with E-state index < -0.39 is 6.10 Å². The molecule has 0 saturated carbocycles. The van der Waals surface area contributed by atoms with Crippen LogP contribution in [0.15, 0.2) is 60.8 Å². The quantitative estimate of drug-likeness (QED) is 0.0261. The van der Waals surface area contributed by atoms with Gasteiger partial charge in [-0.25, -0.2) is 0 Å². The minimum atomic E-state index is -0.787. The molecule has 0 heterocycles. The molecule has 0 aromatic carbocycles. The first kappa shape index (κ1) is 77.1. The van der Waals surface area contributed by atoms with Gasteiger partial charge >= 0.3 is 17.9 Å². The third kappa shape index (κ3) is 65.9. The summed E-state index contributed by atoms with van der Waals surface area (Å²) in [5.41, 5.74) is 0. The highest BCUT2D eigenvalue weighted by molar-refractivity contribution is 5.71. The van der Waals surface area contributed by atoms with Crippen molar-refractivity contribution in [3.05, 3.63) is 60.8 Å². The molecule has 0 aliphatic carbocycles. The smallest absolute Gasteiger partial charge is 0.306 e. The van der Waals surface area contributed by atoms with Crippen LogP contribution in [0.5, 0.6) is 0 Å². The number of carbonyl (C=O) groups is 3. The maximum Gasteiger partial charge on any atom is 0.306 e. The van der Waals surface area contributed by atoms with Crippen molar-refractivity contribution >= 4 is 17.9 Å². The number of esters is 3. The van der Waals surface area contributed by atoms with Gasteiger partial charge in [0, 0.05) is 19.3 Å². The van der Waals surface area contributed by atoms with Gasteiger partial charge in [-0.1, -0.05) is 332 Å². The Morgan fingerprint density at radius 1 is 0.250 bits per heavy atom. The summed E-state index contributed by atoms with van der Waals surface area (Å²) < 4.78 is 16.9. The van der Waals surface area contributed by atoms with Crippen LogP contribution in [0.1, 0.15) is 374 Å². The molecule has 0 aliphatic heterocycles. The number of allylic oxidation sites excluding steroid dienone is 10. The number of ether oxygens (including phenoxy) is 3. The van der Waals surface area contributed by atoms with Crippen LogP contribution in [0.25, 0.3) is 0 Å². The van der Waals surface area contributed by atoms with Crippen molar-refractivity contribution in [3.63, 3.8) is 0 Å². The number of hydrogen-bond acceptors (Lipinski definition) is 6. The number of unbranched alkanes of at least 4 members (excludes halogenated alkanes) is 44. The van der Waals surface area contributed by atoms with E-state index in [9.17, 15) is 14.4 Å². The molecular formula is C74H134O6. The zero-order valence-electron chi connectivity index (χ0n) is 53.6. The molecule has 1 atom stereocenters. The Morgan fingerprint density at radius 2 is 0.475 bits per heavy atom. The molecule has 0 saturated heterocycles. The van der Waals surface area contributed by atoms with Gasteiger partial charge < -0.3 is 14.2 Å². The first-order chi connectivity index (χ1) is 39.5. The van der Waals surface area contributed by atoms with E-state index in [1.807, 2.05) is 0 Å². The van der Waals surface area contributed by atoms with Crippen molar-refractivity contribution < 1.29 is 28.6 Å². The van der Waals surface area contributed by atoms with Crippen molar-refractivity contribution in [2.45, 2.75) is 380 Å². The maximum absolute atomic E-state index is 12.9. The molecule has 6 heteroatoms. The van der Waals surface area contributed by atoms with Crippen LogP contribution >= 0.6 is 0 Å². The monoisotopic (exact) mass is 1120 g/mol. The fourth-order valence-electron chi connectivity index (χ4n) is 10.4. The van der Waals surface area contributed by atoms with Crippen molar-refractivity contribution in [2.24, 2.45) is 0 Å². The summed E-state index contributed by atoms with van der Waals surface area (Å²) in [4.78, 5) is 38.4. The minimum absolute atomic E-state index is 0.0812. The summed E-state index contributed by atoms with van der Waals surface area (Å²) in [6, 6.07) is 0. The summed E-state index contributed by atoms with van der Waals surface area (Å²) in [5, 5.41) is 0. The Balaban J connectivity index is 4.19. The molecule has 0 aromatic rings. The summed E-state index contributed by atoms with van der Waals surface area (Å²) >= 11 is 0. The average molecular weight is 1120 g/mol. The summed E-state index contributed by atoms with van der Waals surface area (Å²) in [6.07, 6.45) is 88.3. The lowest BCUT2D eigenvalue weighted by molar-refractivity contribution is -0.167. The van der Waals surface area contributed by atoms with Crippen LogP contribution in [0.4, 0.5) is 0 Å². The fraction of sp³-hybridized carbons (Fsp3) is 0.824. The van der Waals surface area contributed by atoms with Gasteiger partial charge in [0.25, 0.3) is 0 Å². The first-order valence-electron chi connectivity index (χ1n) is 35.3. The van der Waals surface area contributed by atoms with Crippen LogP contribution in [0.3, 0.4) is 0 Å². The van der Waals surface area contributed by atoms with Gasteiger partial charge in [0.2, 0.25) is 0 Å². The van der Waals surface area contributed by atoms with E-state index in [-0.39, 0.29) is 31.1 Å². The highest BCUT2D eigenvalue weighted by Crippen LogP contribution is 2.18. The molecule has 0 amide bonds.